The molecule has 0 aromatic rings. The molecule has 0 unspecified atom stereocenters. The number of hydrogen-bond donors (Lipinski definition) is 1. The first-order chi connectivity index (χ1) is 6.45. The largest absolute Gasteiger partial charge is 0.393 e. The lowest BCUT2D eigenvalue weighted by Crippen LogP contribution is -2.41. The molecular formula is C10H24O3Si. The lowest BCUT2D eigenvalue weighted by Gasteiger charge is -2.31. The second-order valence-electron chi connectivity index (χ2n) is 4.33. The summed E-state index contributed by atoms with van der Waals surface area (Å²) in [7, 11) is -1.68. The molecule has 0 bridgehead atoms. The van der Waals surface area contributed by atoms with Crippen molar-refractivity contribution in [2.75, 3.05) is 6.61 Å². The summed E-state index contributed by atoms with van der Waals surface area (Å²) in [6, 6.07) is 3.17. The average Bonchev–Trinajstić information content (AvgIpc) is 2.21. The van der Waals surface area contributed by atoms with Gasteiger partial charge in [0.2, 0.25) is 8.32 Å². The van der Waals surface area contributed by atoms with Gasteiger partial charge in [0.1, 0.15) is 5.60 Å². The molecule has 0 saturated heterocycles. The van der Waals surface area contributed by atoms with E-state index in [1.807, 2.05) is 13.8 Å². The van der Waals surface area contributed by atoms with Crippen molar-refractivity contribution in [1.29, 1.82) is 0 Å². The molecule has 0 aromatic carbocycles. The molecular weight excluding hydrogens is 196 g/mol. The molecule has 1 N–H and O–H groups in total. The summed E-state index contributed by atoms with van der Waals surface area (Å²) < 4.78 is 5.61. The van der Waals surface area contributed by atoms with Gasteiger partial charge in [-0.3, -0.25) is 4.58 Å². The summed E-state index contributed by atoms with van der Waals surface area (Å²) in [4.78, 5) is 5.33. The first-order valence-corrected chi connectivity index (χ1v) is 7.96. The molecule has 3 nitrogen and oxygen atoms in total. The van der Waals surface area contributed by atoms with Crippen molar-refractivity contribution in [3.05, 3.63) is 0 Å². The van der Waals surface area contributed by atoms with Gasteiger partial charge in [0.05, 0.1) is 6.61 Å². The van der Waals surface area contributed by atoms with E-state index in [0.717, 1.165) is 18.1 Å². The van der Waals surface area contributed by atoms with E-state index >= 15 is 0 Å². The first-order valence-electron chi connectivity index (χ1n) is 5.43. The summed E-state index contributed by atoms with van der Waals surface area (Å²) in [6.45, 7) is 10.1. The number of hydrogen-bond acceptors (Lipinski definition) is 3. The third-order valence-corrected chi connectivity index (χ3v) is 7.06. The summed E-state index contributed by atoms with van der Waals surface area (Å²) in [6.07, 6.45) is 0. The maximum Gasteiger partial charge on any atom is 0.238 e. The van der Waals surface area contributed by atoms with Crippen LogP contribution in [0.15, 0.2) is 0 Å². The Morgan fingerprint density at radius 3 is 1.79 bits per heavy atom. The maximum absolute atomic E-state index is 9.02. The van der Waals surface area contributed by atoms with Crippen molar-refractivity contribution in [2.45, 2.75) is 58.4 Å². The number of rotatable bonds is 7. The molecule has 4 heteroatoms. The predicted molar refractivity (Wildman–Crippen MR) is 60.5 cm³/mol. The number of aliphatic hydroxyl groups is 1. The molecule has 14 heavy (non-hydrogen) atoms. The van der Waals surface area contributed by atoms with Crippen LogP contribution in [0.3, 0.4) is 0 Å². The highest BCUT2D eigenvalue weighted by Gasteiger charge is 2.33. The third kappa shape index (κ3) is 4.08. The molecule has 0 amide bonds. The topological polar surface area (TPSA) is 38.7 Å². The van der Waals surface area contributed by atoms with E-state index < -0.39 is 13.9 Å². The monoisotopic (exact) mass is 220 g/mol. The van der Waals surface area contributed by atoms with Crippen molar-refractivity contribution in [1.82, 2.24) is 0 Å². The quantitative estimate of drug-likeness (QED) is 0.407. The van der Waals surface area contributed by atoms with Crippen LogP contribution < -0.4 is 0 Å². The zero-order valence-electron chi connectivity index (χ0n) is 10.1. The highest BCUT2D eigenvalue weighted by atomic mass is 28.4. The SMILES string of the molecule is CC[Si](CC)(CC)OOC(C)(C)CO. The van der Waals surface area contributed by atoms with E-state index in [4.69, 9.17) is 14.6 Å². The van der Waals surface area contributed by atoms with Crippen molar-refractivity contribution in [3.8, 4) is 0 Å². The van der Waals surface area contributed by atoms with Gasteiger partial charge in [-0.1, -0.05) is 20.8 Å². The summed E-state index contributed by atoms with van der Waals surface area (Å²) >= 11 is 0. The maximum atomic E-state index is 9.02. The Kier molecular flexibility index (Phi) is 5.89. The van der Waals surface area contributed by atoms with E-state index in [1.54, 1.807) is 0 Å². The van der Waals surface area contributed by atoms with Gasteiger partial charge in [0, 0.05) is 0 Å². The fourth-order valence-corrected chi connectivity index (χ4v) is 3.41. The summed E-state index contributed by atoms with van der Waals surface area (Å²) in [5, 5.41) is 9.02. The Labute approximate surface area is 88.5 Å². The van der Waals surface area contributed by atoms with Crippen molar-refractivity contribution in [3.63, 3.8) is 0 Å². The van der Waals surface area contributed by atoms with Crippen LogP contribution in [-0.4, -0.2) is 25.6 Å². The smallest absolute Gasteiger partial charge is 0.238 e. The van der Waals surface area contributed by atoms with Crippen LogP contribution in [0.2, 0.25) is 18.1 Å². The van der Waals surface area contributed by atoms with Gasteiger partial charge in [0.25, 0.3) is 0 Å². The van der Waals surface area contributed by atoms with Gasteiger partial charge in [-0.05, 0) is 32.0 Å². The normalized spacial score (nSPS) is 13.3. The highest BCUT2D eigenvalue weighted by molar-refractivity contribution is 6.73. The van der Waals surface area contributed by atoms with Gasteiger partial charge in [-0.25, -0.2) is 4.89 Å². The zero-order chi connectivity index (χ0) is 11.2. The van der Waals surface area contributed by atoms with E-state index in [-0.39, 0.29) is 6.61 Å². The van der Waals surface area contributed by atoms with E-state index in [0.29, 0.717) is 0 Å². The third-order valence-electron chi connectivity index (χ3n) is 2.76. The van der Waals surface area contributed by atoms with Gasteiger partial charge >= 0.3 is 0 Å². The molecule has 0 rings (SSSR count). The zero-order valence-corrected chi connectivity index (χ0v) is 11.1. The molecule has 0 heterocycles. The van der Waals surface area contributed by atoms with E-state index in [1.165, 1.54) is 0 Å². The van der Waals surface area contributed by atoms with Gasteiger partial charge in [-0.15, -0.1) is 0 Å². The lowest BCUT2D eigenvalue weighted by molar-refractivity contribution is -0.299. The average molecular weight is 220 g/mol. The van der Waals surface area contributed by atoms with Crippen LogP contribution in [0, 0.1) is 0 Å². The highest BCUT2D eigenvalue weighted by Crippen LogP contribution is 2.24. The molecule has 0 aromatic heterocycles. The fraction of sp³-hybridized carbons (Fsp3) is 1.00. The number of aliphatic hydroxyl groups excluding tert-OH is 1. The lowest BCUT2D eigenvalue weighted by atomic mass is 10.2. The molecule has 86 valence electrons. The van der Waals surface area contributed by atoms with Crippen LogP contribution in [-0.2, 0) is 9.46 Å². The second kappa shape index (κ2) is 5.85. The molecule has 0 aliphatic rings. The molecule has 0 fully saturated rings. The Balaban J connectivity index is 4.19. The van der Waals surface area contributed by atoms with Crippen molar-refractivity contribution in [2.24, 2.45) is 0 Å². The van der Waals surface area contributed by atoms with Gasteiger partial charge in [-0.2, -0.15) is 0 Å². The minimum absolute atomic E-state index is 0.0192. The Bertz CT molecular complexity index is 147. The van der Waals surface area contributed by atoms with Crippen LogP contribution in [0.5, 0.6) is 0 Å². The standard InChI is InChI=1S/C10H24O3Si/c1-6-14(7-2,8-3)13-12-10(4,5)9-11/h11H,6-9H2,1-5H3. The molecule has 0 spiro atoms. The van der Waals surface area contributed by atoms with E-state index in [9.17, 15) is 0 Å². The minimum atomic E-state index is -1.68. The predicted octanol–water partition coefficient (Wildman–Crippen LogP) is 2.71. The van der Waals surface area contributed by atoms with Crippen molar-refractivity contribution < 1.29 is 14.6 Å². The van der Waals surface area contributed by atoms with Crippen LogP contribution in [0.1, 0.15) is 34.6 Å². The first kappa shape index (κ1) is 14.1. The molecule has 0 aliphatic carbocycles. The van der Waals surface area contributed by atoms with Gasteiger partial charge in [0.15, 0.2) is 0 Å². The molecule has 0 aliphatic heterocycles. The fourth-order valence-electron chi connectivity index (χ4n) is 1.15. The van der Waals surface area contributed by atoms with Crippen LogP contribution >= 0.6 is 0 Å². The Morgan fingerprint density at radius 2 is 1.50 bits per heavy atom. The second-order valence-corrected chi connectivity index (χ2v) is 8.98. The summed E-state index contributed by atoms with van der Waals surface area (Å²) in [5.74, 6) is 0. The molecule has 0 atom stereocenters. The van der Waals surface area contributed by atoms with Gasteiger partial charge < -0.3 is 5.11 Å². The Morgan fingerprint density at radius 1 is 1.07 bits per heavy atom. The van der Waals surface area contributed by atoms with Crippen molar-refractivity contribution >= 4 is 8.32 Å². The van der Waals surface area contributed by atoms with Crippen LogP contribution in [0.25, 0.3) is 0 Å². The molecule has 0 radical (unpaired) electrons. The minimum Gasteiger partial charge on any atom is -0.393 e. The molecule has 0 saturated carbocycles. The van der Waals surface area contributed by atoms with E-state index in [2.05, 4.69) is 20.8 Å². The Hall–Kier alpha value is 0.0969. The van der Waals surface area contributed by atoms with Crippen LogP contribution in [0.4, 0.5) is 0 Å². The summed E-state index contributed by atoms with van der Waals surface area (Å²) in [5.41, 5.74) is -0.586.